The lowest BCUT2D eigenvalue weighted by molar-refractivity contribution is 0.252. The molecule has 2 aliphatic rings. The predicted molar refractivity (Wildman–Crippen MR) is 132 cm³/mol. The molecule has 0 saturated heterocycles. The number of anilines is 2. The lowest BCUT2D eigenvalue weighted by Crippen LogP contribution is -2.38. The summed E-state index contributed by atoms with van der Waals surface area (Å²) >= 11 is 5.74. The molecule has 0 aliphatic carbocycles. The minimum atomic E-state index is -0.214. The highest BCUT2D eigenvalue weighted by Crippen LogP contribution is 2.49. The van der Waals surface area contributed by atoms with Gasteiger partial charge in [-0.2, -0.15) is 0 Å². The molecule has 2 heterocycles. The summed E-state index contributed by atoms with van der Waals surface area (Å²) in [5.74, 6) is 1.04. The minimum Gasteiger partial charge on any atom is -0.371 e. The maximum Gasteiger partial charge on any atom is 0.319 e. The third-order valence-corrected chi connectivity index (χ3v) is 6.84. The van der Waals surface area contributed by atoms with Gasteiger partial charge < -0.3 is 15.5 Å². The molecule has 0 fully saturated rings. The first kappa shape index (κ1) is 20.9. The molecule has 0 spiro atoms. The van der Waals surface area contributed by atoms with Gasteiger partial charge in [-0.05, 0) is 47.2 Å². The largest absolute Gasteiger partial charge is 0.371 e. The summed E-state index contributed by atoms with van der Waals surface area (Å²) in [7, 11) is 0. The molecule has 32 heavy (non-hydrogen) atoms. The number of nitrogens with one attached hydrogen (secondary N) is 2. The van der Waals surface area contributed by atoms with Gasteiger partial charge in [0.25, 0.3) is 0 Å². The Morgan fingerprint density at radius 3 is 1.91 bits per heavy atom. The first-order valence-corrected chi connectivity index (χ1v) is 11.9. The third-order valence-electron chi connectivity index (χ3n) is 6.65. The number of nitrogens with zero attached hydrogens (tertiary/aromatic N) is 1. The number of carbonyl (C=O) groups excluding carboxylic acids is 1. The fourth-order valence-electron chi connectivity index (χ4n) is 5.26. The average molecular weight is 446 g/mol. The van der Waals surface area contributed by atoms with Gasteiger partial charge >= 0.3 is 6.03 Å². The van der Waals surface area contributed by atoms with Crippen LogP contribution in [0.2, 0.25) is 0 Å². The van der Waals surface area contributed by atoms with E-state index in [1.807, 2.05) is 0 Å². The van der Waals surface area contributed by atoms with Gasteiger partial charge in [-0.1, -0.05) is 60.7 Å². The standard InChI is InChI=1S/C27H28ClN3O/c28-13-14-29-27(32)30-21-17-24-22(19-7-3-1-4-8-19)11-15-31-16-12-23(25(18-21)26(24)31)20-9-5-2-6-10-20/h1-10,17-18,22-23H,11-16H2,(H2,29,30,32). The van der Waals surface area contributed by atoms with Crippen LogP contribution < -0.4 is 15.5 Å². The molecule has 5 heteroatoms. The number of carbonyl (C=O) groups is 1. The van der Waals surface area contributed by atoms with Gasteiger partial charge in [0.1, 0.15) is 0 Å². The summed E-state index contributed by atoms with van der Waals surface area (Å²) in [5.41, 5.74) is 7.50. The Morgan fingerprint density at radius 1 is 0.875 bits per heavy atom. The molecule has 164 valence electrons. The zero-order valence-electron chi connectivity index (χ0n) is 18.1. The quantitative estimate of drug-likeness (QED) is 0.478. The van der Waals surface area contributed by atoms with Crippen molar-refractivity contribution in [3.8, 4) is 0 Å². The second-order valence-electron chi connectivity index (χ2n) is 8.56. The van der Waals surface area contributed by atoms with Crippen LogP contribution in [-0.2, 0) is 0 Å². The van der Waals surface area contributed by atoms with E-state index < -0.39 is 0 Å². The van der Waals surface area contributed by atoms with Crippen LogP contribution in [0.3, 0.4) is 0 Å². The maximum atomic E-state index is 12.4. The fourth-order valence-corrected chi connectivity index (χ4v) is 5.36. The summed E-state index contributed by atoms with van der Waals surface area (Å²) in [6, 6.07) is 25.6. The Bertz CT molecular complexity index is 1010. The molecule has 2 aliphatic heterocycles. The zero-order valence-corrected chi connectivity index (χ0v) is 18.8. The third kappa shape index (κ3) is 4.07. The summed E-state index contributed by atoms with van der Waals surface area (Å²) in [6.07, 6.45) is 2.16. The Balaban J connectivity index is 1.62. The molecule has 2 amide bonds. The number of hydrogen-bond acceptors (Lipinski definition) is 2. The Kier molecular flexibility index (Phi) is 6.04. The molecule has 0 saturated carbocycles. The monoisotopic (exact) mass is 445 g/mol. The first-order valence-electron chi connectivity index (χ1n) is 11.4. The summed E-state index contributed by atoms with van der Waals surface area (Å²) < 4.78 is 0. The Hall–Kier alpha value is -2.98. The highest BCUT2D eigenvalue weighted by atomic mass is 35.5. The van der Waals surface area contributed by atoms with Crippen LogP contribution in [0, 0.1) is 0 Å². The van der Waals surface area contributed by atoms with Crippen molar-refractivity contribution in [2.45, 2.75) is 24.7 Å². The van der Waals surface area contributed by atoms with Crippen LogP contribution in [0.4, 0.5) is 16.2 Å². The zero-order chi connectivity index (χ0) is 21.9. The molecule has 0 aromatic heterocycles. The van der Waals surface area contributed by atoms with Crippen molar-refractivity contribution < 1.29 is 4.79 Å². The molecule has 3 aromatic rings. The number of hydrogen-bond donors (Lipinski definition) is 2. The van der Waals surface area contributed by atoms with Crippen molar-refractivity contribution in [3.63, 3.8) is 0 Å². The van der Waals surface area contributed by atoms with E-state index in [4.69, 9.17) is 11.6 Å². The number of halogens is 1. The lowest BCUT2D eigenvalue weighted by atomic mass is 9.76. The summed E-state index contributed by atoms with van der Waals surface area (Å²) in [6.45, 7) is 2.56. The molecule has 0 radical (unpaired) electrons. The maximum absolute atomic E-state index is 12.4. The summed E-state index contributed by atoms with van der Waals surface area (Å²) in [5, 5.41) is 5.87. The molecule has 2 unspecified atom stereocenters. The number of amides is 2. The van der Waals surface area contributed by atoms with Gasteiger partial charge in [0, 0.05) is 48.7 Å². The smallest absolute Gasteiger partial charge is 0.319 e. The molecule has 0 bridgehead atoms. The van der Waals surface area contributed by atoms with Crippen LogP contribution in [-0.4, -0.2) is 31.5 Å². The van der Waals surface area contributed by atoms with E-state index in [-0.39, 0.29) is 6.03 Å². The second kappa shape index (κ2) is 9.25. The highest BCUT2D eigenvalue weighted by molar-refractivity contribution is 6.18. The van der Waals surface area contributed by atoms with E-state index in [1.54, 1.807) is 0 Å². The van der Waals surface area contributed by atoms with Gasteiger partial charge in [0.15, 0.2) is 0 Å². The van der Waals surface area contributed by atoms with Gasteiger partial charge in [-0.25, -0.2) is 4.79 Å². The summed E-state index contributed by atoms with van der Waals surface area (Å²) in [4.78, 5) is 15.0. The molecule has 5 rings (SSSR count). The van der Waals surface area contributed by atoms with Crippen molar-refractivity contribution in [3.05, 3.63) is 95.1 Å². The number of benzene rings is 3. The van der Waals surface area contributed by atoms with Crippen LogP contribution >= 0.6 is 11.6 Å². The molecule has 2 N–H and O–H groups in total. The first-order chi connectivity index (χ1) is 15.7. The van der Waals surface area contributed by atoms with E-state index in [2.05, 4.69) is 88.3 Å². The number of alkyl halides is 1. The molecular weight excluding hydrogens is 418 g/mol. The van der Waals surface area contributed by atoms with E-state index in [1.165, 1.54) is 27.9 Å². The fraction of sp³-hybridized carbons (Fsp3) is 0.296. The van der Waals surface area contributed by atoms with E-state index in [0.717, 1.165) is 31.6 Å². The molecular formula is C27H28ClN3O. The molecule has 3 aromatic carbocycles. The van der Waals surface area contributed by atoms with Gasteiger partial charge in [0.2, 0.25) is 0 Å². The van der Waals surface area contributed by atoms with Crippen molar-refractivity contribution in [2.75, 3.05) is 35.7 Å². The number of rotatable bonds is 5. The molecule has 2 atom stereocenters. The van der Waals surface area contributed by atoms with E-state index in [9.17, 15) is 4.79 Å². The molecule has 4 nitrogen and oxygen atoms in total. The van der Waals surface area contributed by atoms with Crippen LogP contribution in [0.5, 0.6) is 0 Å². The second-order valence-corrected chi connectivity index (χ2v) is 8.94. The lowest BCUT2D eigenvalue weighted by Gasteiger charge is -2.43. The van der Waals surface area contributed by atoms with Crippen molar-refractivity contribution in [2.24, 2.45) is 0 Å². The van der Waals surface area contributed by atoms with Crippen molar-refractivity contribution in [1.82, 2.24) is 5.32 Å². The minimum absolute atomic E-state index is 0.214. The normalized spacial score (nSPS) is 19.2. The van der Waals surface area contributed by atoms with Gasteiger partial charge in [-0.15, -0.1) is 11.6 Å². The van der Waals surface area contributed by atoms with Crippen LogP contribution in [0.25, 0.3) is 0 Å². The average Bonchev–Trinajstić information content (AvgIpc) is 2.84. The Labute approximate surface area is 194 Å². The SMILES string of the molecule is O=C(NCCCl)Nc1cc2c3c(c1)C(c1ccccc1)CCN3CCC2c1ccccc1. The van der Waals surface area contributed by atoms with E-state index >= 15 is 0 Å². The highest BCUT2D eigenvalue weighted by Gasteiger charge is 2.35. The van der Waals surface area contributed by atoms with Crippen LogP contribution in [0.15, 0.2) is 72.8 Å². The van der Waals surface area contributed by atoms with Crippen molar-refractivity contribution >= 4 is 29.0 Å². The van der Waals surface area contributed by atoms with Crippen LogP contribution in [0.1, 0.15) is 46.9 Å². The topological polar surface area (TPSA) is 44.4 Å². The van der Waals surface area contributed by atoms with E-state index in [0.29, 0.717) is 24.3 Å². The van der Waals surface area contributed by atoms with Gasteiger partial charge in [-0.3, -0.25) is 0 Å². The predicted octanol–water partition coefficient (Wildman–Crippen LogP) is 5.92. The van der Waals surface area contributed by atoms with Crippen molar-refractivity contribution in [1.29, 1.82) is 0 Å². The Morgan fingerprint density at radius 2 is 1.41 bits per heavy atom. The van der Waals surface area contributed by atoms with Gasteiger partial charge in [0.05, 0.1) is 0 Å². The number of urea groups is 1.